The lowest BCUT2D eigenvalue weighted by Crippen LogP contribution is -2.50. The van der Waals surface area contributed by atoms with Gasteiger partial charge in [-0.3, -0.25) is 0 Å². The third kappa shape index (κ3) is 4.41. The number of carbonyl (C=O) groups excluding carboxylic acids is 1. The largest absolute Gasteiger partial charge is 0.405 e. The first-order chi connectivity index (χ1) is 7.83. The van der Waals surface area contributed by atoms with Gasteiger partial charge < -0.3 is 15.3 Å². The molecule has 0 aliphatic carbocycles. The number of carbonyl (C=O) groups is 1. The van der Waals surface area contributed by atoms with E-state index in [0.717, 1.165) is 0 Å². The van der Waals surface area contributed by atoms with Crippen molar-refractivity contribution in [1.82, 2.24) is 10.2 Å². The molecule has 4 nitrogen and oxygen atoms in total. The molecular formula is C10H17F3N2O2. The number of piperidine rings is 1. The van der Waals surface area contributed by atoms with Gasteiger partial charge in [0.15, 0.2) is 0 Å². The van der Waals surface area contributed by atoms with E-state index in [4.69, 9.17) is 0 Å². The molecule has 100 valence electrons. The highest BCUT2D eigenvalue weighted by Crippen LogP contribution is 2.20. The maximum absolute atomic E-state index is 11.9. The molecule has 0 aromatic carbocycles. The first kappa shape index (κ1) is 14.1. The first-order valence-corrected chi connectivity index (χ1v) is 5.61. The van der Waals surface area contributed by atoms with Gasteiger partial charge in [-0.1, -0.05) is 6.92 Å². The SMILES string of the molecule is CCC1CN(C(=O)NCC(F)(F)F)CCC1O. The van der Waals surface area contributed by atoms with Gasteiger partial charge in [0.05, 0.1) is 6.10 Å². The Labute approximate surface area is 97.8 Å². The Morgan fingerprint density at radius 3 is 2.71 bits per heavy atom. The minimum absolute atomic E-state index is 0.0552. The van der Waals surface area contributed by atoms with Crippen LogP contribution in [0, 0.1) is 5.92 Å². The van der Waals surface area contributed by atoms with Crippen molar-refractivity contribution in [2.75, 3.05) is 19.6 Å². The van der Waals surface area contributed by atoms with E-state index in [0.29, 0.717) is 25.9 Å². The van der Waals surface area contributed by atoms with Crippen molar-refractivity contribution in [2.24, 2.45) is 5.92 Å². The van der Waals surface area contributed by atoms with E-state index >= 15 is 0 Å². The smallest absolute Gasteiger partial charge is 0.393 e. The van der Waals surface area contributed by atoms with Crippen LogP contribution >= 0.6 is 0 Å². The molecule has 0 saturated carbocycles. The minimum Gasteiger partial charge on any atom is -0.393 e. The van der Waals surface area contributed by atoms with Crippen LogP contribution in [0.5, 0.6) is 0 Å². The summed E-state index contributed by atoms with van der Waals surface area (Å²) in [5.74, 6) is -0.0552. The van der Waals surface area contributed by atoms with Crippen LogP contribution in [0.15, 0.2) is 0 Å². The molecule has 0 bridgehead atoms. The zero-order chi connectivity index (χ0) is 13.1. The van der Waals surface area contributed by atoms with Gasteiger partial charge in [-0.05, 0) is 12.8 Å². The number of nitrogens with zero attached hydrogens (tertiary/aromatic N) is 1. The summed E-state index contributed by atoms with van der Waals surface area (Å²) in [4.78, 5) is 12.8. The third-order valence-electron chi connectivity index (χ3n) is 2.95. The van der Waals surface area contributed by atoms with Gasteiger partial charge in [0, 0.05) is 19.0 Å². The van der Waals surface area contributed by atoms with Crippen LogP contribution < -0.4 is 5.32 Å². The number of amides is 2. The van der Waals surface area contributed by atoms with Crippen molar-refractivity contribution in [3.8, 4) is 0 Å². The number of alkyl halides is 3. The summed E-state index contributed by atoms with van der Waals surface area (Å²) in [6, 6.07) is -0.715. The number of hydrogen-bond acceptors (Lipinski definition) is 2. The normalized spacial score (nSPS) is 25.8. The summed E-state index contributed by atoms with van der Waals surface area (Å²) in [5, 5.41) is 11.4. The second kappa shape index (κ2) is 5.57. The average molecular weight is 254 g/mol. The van der Waals surface area contributed by atoms with Crippen molar-refractivity contribution in [1.29, 1.82) is 0 Å². The summed E-state index contributed by atoms with van der Waals surface area (Å²) in [7, 11) is 0. The Morgan fingerprint density at radius 1 is 1.53 bits per heavy atom. The van der Waals surface area contributed by atoms with Crippen LogP contribution in [0.1, 0.15) is 19.8 Å². The number of rotatable bonds is 2. The average Bonchev–Trinajstić information content (AvgIpc) is 2.25. The fraction of sp³-hybridized carbons (Fsp3) is 0.900. The lowest BCUT2D eigenvalue weighted by molar-refractivity contribution is -0.123. The predicted octanol–water partition coefficient (Wildman–Crippen LogP) is 1.35. The van der Waals surface area contributed by atoms with Crippen molar-refractivity contribution in [3.63, 3.8) is 0 Å². The maximum atomic E-state index is 11.9. The molecule has 2 atom stereocenters. The molecule has 0 aromatic heterocycles. The first-order valence-electron chi connectivity index (χ1n) is 5.61. The highest BCUT2D eigenvalue weighted by atomic mass is 19.4. The number of aliphatic hydroxyl groups is 1. The third-order valence-corrected chi connectivity index (χ3v) is 2.95. The summed E-state index contributed by atoms with van der Waals surface area (Å²) in [6.07, 6.45) is -3.75. The number of aliphatic hydroxyl groups excluding tert-OH is 1. The van der Waals surface area contributed by atoms with Gasteiger partial charge >= 0.3 is 12.2 Å². The topological polar surface area (TPSA) is 52.6 Å². The fourth-order valence-corrected chi connectivity index (χ4v) is 1.89. The van der Waals surface area contributed by atoms with Crippen LogP contribution in [-0.4, -0.2) is 48.0 Å². The van der Waals surface area contributed by atoms with E-state index in [1.807, 2.05) is 12.2 Å². The molecule has 7 heteroatoms. The zero-order valence-electron chi connectivity index (χ0n) is 9.63. The zero-order valence-corrected chi connectivity index (χ0v) is 9.63. The summed E-state index contributed by atoms with van der Waals surface area (Å²) in [6.45, 7) is 1.16. The van der Waals surface area contributed by atoms with Gasteiger partial charge in [-0.15, -0.1) is 0 Å². The van der Waals surface area contributed by atoms with Crippen LogP contribution in [0.4, 0.5) is 18.0 Å². The van der Waals surface area contributed by atoms with E-state index < -0.39 is 24.9 Å². The van der Waals surface area contributed by atoms with Crippen molar-refractivity contribution in [3.05, 3.63) is 0 Å². The Balaban J connectivity index is 2.42. The summed E-state index contributed by atoms with van der Waals surface area (Å²) >= 11 is 0. The molecule has 1 fully saturated rings. The monoisotopic (exact) mass is 254 g/mol. The fourth-order valence-electron chi connectivity index (χ4n) is 1.89. The highest BCUT2D eigenvalue weighted by Gasteiger charge is 2.32. The van der Waals surface area contributed by atoms with Crippen LogP contribution in [-0.2, 0) is 0 Å². The highest BCUT2D eigenvalue weighted by molar-refractivity contribution is 5.74. The van der Waals surface area contributed by atoms with Crippen LogP contribution in [0.25, 0.3) is 0 Å². The standard InChI is InChI=1S/C10H17F3N2O2/c1-2-7-5-15(4-3-8(7)16)9(17)14-6-10(11,12)13/h7-8,16H,2-6H2,1H3,(H,14,17). The summed E-state index contributed by atoms with van der Waals surface area (Å²) in [5.41, 5.74) is 0. The van der Waals surface area contributed by atoms with Crippen LogP contribution in [0.2, 0.25) is 0 Å². The molecule has 0 aromatic rings. The molecule has 0 spiro atoms. The Hall–Kier alpha value is -0.980. The number of urea groups is 1. The van der Waals surface area contributed by atoms with Crippen molar-refractivity contribution in [2.45, 2.75) is 32.0 Å². The Bertz CT molecular complexity index is 271. The number of nitrogens with one attached hydrogen (secondary N) is 1. The molecule has 2 N–H and O–H groups in total. The molecule has 17 heavy (non-hydrogen) atoms. The quantitative estimate of drug-likeness (QED) is 0.781. The Kier molecular flexibility index (Phi) is 4.62. The van der Waals surface area contributed by atoms with Gasteiger partial charge in [0.25, 0.3) is 0 Å². The van der Waals surface area contributed by atoms with Crippen molar-refractivity contribution < 1.29 is 23.1 Å². The lowest BCUT2D eigenvalue weighted by Gasteiger charge is -2.35. The number of halogens is 3. The number of hydrogen-bond donors (Lipinski definition) is 2. The van der Waals surface area contributed by atoms with Crippen molar-refractivity contribution >= 4 is 6.03 Å². The van der Waals surface area contributed by atoms with Gasteiger partial charge in [-0.25, -0.2) is 4.79 Å². The molecule has 1 rings (SSSR count). The molecule has 0 radical (unpaired) electrons. The molecule has 1 saturated heterocycles. The molecule has 1 heterocycles. The van der Waals surface area contributed by atoms with E-state index in [9.17, 15) is 23.1 Å². The molecule has 2 amide bonds. The molecule has 1 aliphatic rings. The summed E-state index contributed by atoms with van der Waals surface area (Å²) < 4.78 is 35.7. The Morgan fingerprint density at radius 2 is 2.18 bits per heavy atom. The molecular weight excluding hydrogens is 237 g/mol. The van der Waals surface area contributed by atoms with E-state index in [1.54, 1.807) is 0 Å². The van der Waals surface area contributed by atoms with Gasteiger partial charge in [0.1, 0.15) is 6.54 Å². The van der Waals surface area contributed by atoms with Gasteiger partial charge in [0.2, 0.25) is 0 Å². The van der Waals surface area contributed by atoms with E-state index in [-0.39, 0.29) is 5.92 Å². The second-order valence-electron chi connectivity index (χ2n) is 4.24. The minimum atomic E-state index is -4.39. The predicted molar refractivity (Wildman–Crippen MR) is 55.4 cm³/mol. The van der Waals surface area contributed by atoms with E-state index in [2.05, 4.69) is 0 Å². The molecule has 2 unspecified atom stereocenters. The van der Waals surface area contributed by atoms with Crippen LogP contribution in [0.3, 0.4) is 0 Å². The second-order valence-corrected chi connectivity index (χ2v) is 4.24. The molecule has 1 aliphatic heterocycles. The lowest BCUT2D eigenvalue weighted by atomic mass is 9.93. The maximum Gasteiger partial charge on any atom is 0.405 e. The number of likely N-dealkylation sites (tertiary alicyclic amines) is 1. The van der Waals surface area contributed by atoms with E-state index in [1.165, 1.54) is 4.90 Å². The van der Waals surface area contributed by atoms with Gasteiger partial charge in [-0.2, -0.15) is 13.2 Å².